The molecule has 3 aromatic rings. The Kier molecular flexibility index (Phi) is 6.49. The highest BCUT2D eigenvalue weighted by Gasteiger charge is 2.16. The summed E-state index contributed by atoms with van der Waals surface area (Å²) in [6.45, 7) is 4.33. The van der Waals surface area contributed by atoms with Crippen molar-refractivity contribution in [1.82, 2.24) is 4.90 Å². The van der Waals surface area contributed by atoms with E-state index in [1.165, 1.54) is 0 Å². The van der Waals surface area contributed by atoms with E-state index in [1.807, 2.05) is 68.4 Å². The average Bonchev–Trinajstić information content (AvgIpc) is 2.69. The molecule has 0 atom stereocenters. The Hall–Kier alpha value is -2.92. The molecule has 0 saturated heterocycles. The van der Waals surface area contributed by atoms with Crippen molar-refractivity contribution in [2.24, 2.45) is 0 Å². The Morgan fingerprint density at radius 2 is 1.55 bits per heavy atom. The van der Waals surface area contributed by atoms with Crippen molar-refractivity contribution >= 4 is 33.4 Å². The van der Waals surface area contributed by atoms with Gasteiger partial charge in [0.05, 0.1) is 0 Å². The van der Waals surface area contributed by atoms with E-state index in [9.17, 15) is 9.59 Å². The van der Waals surface area contributed by atoms with Gasteiger partial charge in [-0.1, -0.05) is 51.3 Å². The molecule has 0 aliphatic carbocycles. The second kappa shape index (κ2) is 9.05. The van der Waals surface area contributed by atoms with E-state index in [0.717, 1.165) is 21.2 Å². The van der Waals surface area contributed by atoms with E-state index < -0.39 is 0 Å². The normalized spacial score (nSPS) is 10.5. The minimum Gasteiger partial charge on any atom is -0.337 e. The maximum absolute atomic E-state index is 12.9. The minimum atomic E-state index is -0.183. The molecule has 0 fully saturated rings. The molecule has 0 saturated carbocycles. The fourth-order valence-corrected chi connectivity index (χ4v) is 3.65. The third kappa shape index (κ3) is 5.33. The van der Waals surface area contributed by atoms with E-state index in [4.69, 9.17) is 0 Å². The predicted molar refractivity (Wildman–Crippen MR) is 120 cm³/mol. The first kappa shape index (κ1) is 20.8. The number of benzene rings is 3. The van der Waals surface area contributed by atoms with Crippen molar-refractivity contribution in [2.75, 3.05) is 12.4 Å². The standard InChI is InChI=1S/C24H23BrN2O2/c1-16-11-17(2)13-19(12-16)24(29)27(3)15-20-14-21(25)9-10-22(20)26-23(28)18-7-5-4-6-8-18/h4-14H,15H2,1-3H3,(H,26,28). The number of rotatable bonds is 5. The molecule has 5 heteroatoms. The lowest BCUT2D eigenvalue weighted by atomic mass is 10.1. The molecule has 148 valence electrons. The Bertz CT molecular complexity index is 1030. The van der Waals surface area contributed by atoms with Gasteiger partial charge in [0.15, 0.2) is 0 Å². The zero-order valence-electron chi connectivity index (χ0n) is 16.7. The van der Waals surface area contributed by atoms with Gasteiger partial charge < -0.3 is 10.2 Å². The molecule has 0 aliphatic heterocycles. The fraction of sp³-hybridized carbons (Fsp3) is 0.167. The van der Waals surface area contributed by atoms with Crippen LogP contribution >= 0.6 is 15.9 Å². The molecule has 0 bridgehead atoms. The number of aryl methyl sites for hydroxylation is 2. The molecule has 1 N–H and O–H groups in total. The van der Waals surface area contributed by atoms with E-state index in [0.29, 0.717) is 23.4 Å². The Morgan fingerprint density at radius 3 is 2.21 bits per heavy atom. The Morgan fingerprint density at radius 1 is 0.897 bits per heavy atom. The second-order valence-corrected chi connectivity index (χ2v) is 8.07. The number of nitrogens with zero attached hydrogens (tertiary/aromatic N) is 1. The Balaban J connectivity index is 1.82. The second-order valence-electron chi connectivity index (χ2n) is 7.16. The highest BCUT2D eigenvalue weighted by atomic mass is 79.9. The van der Waals surface area contributed by atoms with Crippen molar-refractivity contribution in [2.45, 2.75) is 20.4 Å². The van der Waals surface area contributed by atoms with Crippen molar-refractivity contribution in [3.05, 3.63) is 99.0 Å². The van der Waals surface area contributed by atoms with Crippen molar-refractivity contribution in [1.29, 1.82) is 0 Å². The zero-order chi connectivity index (χ0) is 21.0. The quantitative estimate of drug-likeness (QED) is 0.550. The molecule has 3 rings (SSSR count). The van der Waals surface area contributed by atoms with E-state index in [-0.39, 0.29) is 11.8 Å². The monoisotopic (exact) mass is 450 g/mol. The molecule has 29 heavy (non-hydrogen) atoms. The van der Waals surface area contributed by atoms with Crippen LogP contribution in [0.25, 0.3) is 0 Å². The number of anilines is 1. The largest absolute Gasteiger partial charge is 0.337 e. The van der Waals surface area contributed by atoms with Crippen LogP contribution in [0.1, 0.15) is 37.4 Å². The van der Waals surface area contributed by atoms with Gasteiger partial charge in [-0.25, -0.2) is 0 Å². The summed E-state index contributed by atoms with van der Waals surface area (Å²) < 4.78 is 0.887. The number of carbonyl (C=O) groups is 2. The van der Waals surface area contributed by atoms with Gasteiger partial charge in [-0.2, -0.15) is 0 Å². The number of nitrogens with one attached hydrogen (secondary N) is 1. The summed E-state index contributed by atoms with van der Waals surface area (Å²) in [7, 11) is 1.77. The molecular formula is C24H23BrN2O2. The highest BCUT2D eigenvalue weighted by Crippen LogP contribution is 2.24. The fourth-order valence-electron chi connectivity index (χ4n) is 3.24. The first-order valence-electron chi connectivity index (χ1n) is 9.32. The van der Waals surface area contributed by atoms with Crippen LogP contribution < -0.4 is 5.32 Å². The van der Waals surface area contributed by atoms with Gasteiger partial charge >= 0.3 is 0 Å². The summed E-state index contributed by atoms with van der Waals surface area (Å²) in [6.07, 6.45) is 0. The molecular weight excluding hydrogens is 428 g/mol. The van der Waals surface area contributed by atoms with Crippen LogP contribution in [0.15, 0.2) is 71.2 Å². The summed E-state index contributed by atoms with van der Waals surface area (Å²) in [6, 6.07) is 20.5. The van der Waals surface area contributed by atoms with Crippen LogP contribution in [0.4, 0.5) is 5.69 Å². The van der Waals surface area contributed by atoms with Gasteiger partial charge in [-0.3, -0.25) is 9.59 Å². The maximum Gasteiger partial charge on any atom is 0.255 e. The van der Waals surface area contributed by atoms with E-state index >= 15 is 0 Å². The van der Waals surface area contributed by atoms with Crippen LogP contribution in [0.5, 0.6) is 0 Å². The molecule has 0 heterocycles. The van der Waals surface area contributed by atoms with Gasteiger partial charge in [0.1, 0.15) is 0 Å². The van der Waals surface area contributed by atoms with Crippen molar-refractivity contribution in [3.8, 4) is 0 Å². The van der Waals surface area contributed by atoms with Crippen LogP contribution in [0, 0.1) is 13.8 Å². The van der Waals surface area contributed by atoms with E-state index in [2.05, 4.69) is 21.2 Å². The van der Waals surface area contributed by atoms with E-state index in [1.54, 1.807) is 24.1 Å². The molecule has 2 amide bonds. The van der Waals surface area contributed by atoms with Crippen LogP contribution in [0.2, 0.25) is 0 Å². The van der Waals surface area contributed by atoms with Gasteiger partial charge in [-0.15, -0.1) is 0 Å². The highest BCUT2D eigenvalue weighted by molar-refractivity contribution is 9.10. The maximum atomic E-state index is 12.9. The third-order valence-corrected chi connectivity index (χ3v) is 5.07. The number of amides is 2. The zero-order valence-corrected chi connectivity index (χ0v) is 18.3. The molecule has 0 aromatic heterocycles. The molecule has 0 aliphatic rings. The van der Waals surface area contributed by atoms with Crippen molar-refractivity contribution in [3.63, 3.8) is 0 Å². The average molecular weight is 451 g/mol. The van der Waals surface area contributed by atoms with Gasteiger partial charge in [0.25, 0.3) is 11.8 Å². The smallest absolute Gasteiger partial charge is 0.255 e. The van der Waals surface area contributed by atoms with Crippen LogP contribution in [-0.2, 0) is 6.54 Å². The lowest BCUT2D eigenvalue weighted by molar-refractivity contribution is 0.0785. The van der Waals surface area contributed by atoms with Crippen LogP contribution in [-0.4, -0.2) is 23.8 Å². The topological polar surface area (TPSA) is 49.4 Å². The van der Waals surface area contributed by atoms with Gasteiger partial charge in [-0.05, 0) is 61.9 Å². The molecule has 0 unspecified atom stereocenters. The molecule has 0 spiro atoms. The SMILES string of the molecule is Cc1cc(C)cc(C(=O)N(C)Cc2cc(Br)ccc2NC(=O)c2ccccc2)c1. The Labute approximate surface area is 179 Å². The lowest BCUT2D eigenvalue weighted by Crippen LogP contribution is -2.27. The summed E-state index contributed by atoms with van der Waals surface area (Å²) in [5.74, 6) is -0.241. The summed E-state index contributed by atoms with van der Waals surface area (Å²) in [5, 5.41) is 2.96. The number of halogens is 1. The molecule has 0 radical (unpaired) electrons. The number of carbonyl (C=O) groups excluding carboxylic acids is 2. The summed E-state index contributed by atoms with van der Waals surface area (Å²) in [4.78, 5) is 27.1. The first-order chi connectivity index (χ1) is 13.8. The van der Waals surface area contributed by atoms with Gasteiger partial charge in [0, 0.05) is 34.9 Å². The van der Waals surface area contributed by atoms with Gasteiger partial charge in [0.2, 0.25) is 0 Å². The summed E-state index contributed by atoms with van der Waals surface area (Å²) >= 11 is 3.48. The minimum absolute atomic E-state index is 0.0582. The number of hydrogen-bond acceptors (Lipinski definition) is 2. The molecule has 3 aromatic carbocycles. The molecule has 4 nitrogen and oxygen atoms in total. The number of hydrogen-bond donors (Lipinski definition) is 1. The summed E-state index contributed by atoms with van der Waals surface area (Å²) in [5.41, 5.74) is 4.89. The lowest BCUT2D eigenvalue weighted by Gasteiger charge is -2.20. The van der Waals surface area contributed by atoms with Crippen LogP contribution in [0.3, 0.4) is 0 Å². The predicted octanol–water partition coefficient (Wildman–Crippen LogP) is 5.59. The van der Waals surface area contributed by atoms with Crippen molar-refractivity contribution < 1.29 is 9.59 Å². The first-order valence-corrected chi connectivity index (χ1v) is 10.1. The third-order valence-electron chi connectivity index (χ3n) is 4.57.